The summed E-state index contributed by atoms with van der Waals surface area (Å²) < 4.78 is 0.598. The Morgan fingerprint density at radius 2 is 2.16 bits per heavy atom. The van der Waals surface area contributed by atoms with Gasteiger partial charge in [-0.15, -0.1) is 0 Å². The Labute approximate surface area is 121 Å². The van der Waals surface area contributed by atoms with Crippen molar-refractivity contribution in [2.24, 2.45) is 0 Å². The van der Waals surface area contributed by atoms with Gasteiger partial charge < -0.3 is 10.2 Å². The van der Waals surface area contributed by atoms with Crippen molar-refractivity contribution in [2.75, 3.05) is 13.1 Å². The summed E-state index contributed by atoms with van der Waals surface area (Å²) in [6, 6.07) is 3.35. The largest absolute Gasteiger partial charge is 0.352 e. The number of rotatable bonds is 5. The molecule has 2 amide bonds. The van der Waals surface area contributed by atoms with E-state index in [9.17, 15) is 9.59 Å². The first-order valence-corrected chi connectivity index (χ1v) is 6.93. The zero-order valence-electron chi connectivity index (χ0n) is 11.3. The summed E-state index contributed by atoms with van der Waals surface area (Å²) in [6.45, 7) is 6.15. The van der Waals surface area contributed by atoms with Crippen molar-refractivity contribution >= 4 is 27.7 Å². The summed E-state index contributed by atoms with van der Waals surface area (Å²) in [7, 11) is 0. The van der Waals surface area contributed by atoms with Gasteiger partial charge in [0.2, 0.25) is 5.91 Å². The fraction of sp³-hybridized carbons (Fsp3) is 0.462. The number of nitrogens with one attached hydrogen (secondary N) is 1. The highest BCUT2D eigenvalue weighted by atomic mass is 79.9. The van der Waals surface area contributed by atoms with Gasteiger partial charge in [0.05, 0.1) is 6.54 Å². The normalized spacial score (nSPS) is 10.4. The Morgan fingerprint density at radius 3 is 2.68 bits per heavy atom. The number of likely N-dealkylation sites (N-methyl/N-ethyl adjacent to an activating group) is 1. The van der Waals surface area contributed by atoms with Crippen LogP contribution in [0.2, 0.25) is 0 Å². The minimum atomic E-state index is -0.176. The number of hydrogen-bond donors (Lipinski definition) is 1. The Kier molecular flexibility index (Phi) is 5.95. The monoisotopic (exact) mass is 327 g/mol. The first-order valence-electron chi connectivity index (χ1n) is 6.14. The van der Waals surface area contributed by atoms with Gasteiger partial charge in [0.25, 0.3) is 5.91 Å². The molecule has 0 saturated heterocycles. The lowest BCUT2D eigenvalue weighted by Gasteiger charge is -2.21. The van der Waals surface area contributed by atoms with Gasteiger partial charge in [0, 0.05) is 24.3 Å². The average molecular weight is 328 g/mol. The minimum Gasteiger partial charge on any atom is -0.352 e. The van der Waals surface area contributed by atoms with Gasteiger partial charge in [-0.2, -0.15) is 0 Å². The zero-order valence-corrected chi connectivity index (χ0v) is 12.9. The van der Waals surface area contributed by atoms with Gasteiger partial charge in [0.15, 0.2) is 0 Å². The molecule has 0 bridgehead atoms. The van der Waals surface area contributed by atoms with Crippen LogP contribution in [0.5, 0.6) is 0 Å². The van der Waals surface area contributed by atoms with Crippen LogP contribution in [0.15, 0.2) is 22.9 Å². The number of hydrogen-bond acceptors (Lipinski definition) is 3. The molecule has 1 rings (SSSR count). The molecule has 0 aromatic carbocycles. The Hall–Kier alpha value is -1.43. The Bertz CT molecular complexity index is 463. The van der Waals surface area contributed by atoms with Crippen LogP contribution >= 0.6 is 15.9 Å². The van der Waals surface area contributed by atoms with Crippen LogP contribution in [0.3, 0.4) is 0 Å². The summed E-state index contributed by atoms with van der Waals surface area (Å²) in [5.74, 6) is -0.331. The predicted molar refractivity (Wildman–Crippen MR) is 76.8 cm³/mol. The van der Waals surface area contributed by atoms with Crippen LogP contribution in [-0.2, 0) is 4.79 Å². The molecule has 6 heteroatoms. The third-order valence-corrected chi connectivity index (χ3v) is 2.86. The molecule has 0 atom stereocenters. The van der Waals surface area contributed by atoms with E-state index in [1.165, 1.54) is 4.90 Å². The fourth-order valence-corrected chi connectivity index (χ4v) is 1.95. The average Bonchev–Trinajstić information content (AvgIpc) is 2.34. The van der Waals surface area contributed by atoms with Gasteiger partial charge in [-0.1, -0.05) is 0 Å². The molecular formula is C13H18BrN3O2. The molecule has 0 spiro atoms. The second-order valence-electron chi connectivity index (χ2n) is 4.41. The van der Waals surface area contributed by atoms with E-state index < -0.39 is 0 Å². The number of nitrogens with zero attached hydrogens (tertiary/aromatic N) is 2. The number of carbonyl (C=O) groups excluding carboxylic acids is 2. The van der Waals surface area contributed by atoms with Crippen molar-refractivity contribution in [2.45, 2.75) is 26.8 Å². The summed E-state index contributed by atoms with van der Waals surface area (Å²) in [5, 5.41) is 2.77. The summed E-state index contributed by atoms with van der Waals surface area (Å²) >= 11 is 3.22. The highest BCUT2D eigenvalue weighted by Crippen LogP contribution is 2.10. The number of amides is 2. The van der Waals surface area contributed by atoms with Gasteiger partial charge >= 0.3 is 0 Å². The molecule has 5 nitrogen and oxygen atoms in total. The SMILES string of the molecule is CCN(CC(=O)NC(C)C)C(=O)c1ccnc(Br)c1. The zero-order chi connectivity index (χ0) is 14.4. The van der Waals surface area contributed by atoms with Crippen LogP contribution in [0, 0.1) is 0 Å². The van der Waals surface area contributed by atoms with Gasteiger partial charge in [-0.3, -0.25) is 9.59 Å². The second kappa shape index (κ2) is 7.23. The summed E-state index contributed by atoms with van der Waals surface area (Å²) in [5.41, 5.74) is 0.515. The Morgan fingerprint density at radius 1 is 1.47 bits per heavy atom. The molecule has 104 valence electrons. The van der Waals surface area contributed by atoms with Crippen LogP contribution < -0.4 is 5.32 Å². The summed E-state index contributed by atoms with van der Waals surface area (Å²) in [4.78, 5) is 29.4. The highest BCUT2D eigenvalue weighted by Gasteiger charge is 2.17. The van der Waals surface area contributed by atoms with Gasteiger partial charge in [-0.25, -0.2) is 4.98 Å². The Balaban J connectivity index is 2.74. The number of halogens is 1. The number of aromatic nitrogens is 1. The molecule has 0 fully saturated rings. The fourth-order valence-electron chi connectivity index (χ4n) is 1.59. The van der Waals surface area contributed by atoms with Gasteiger partial charge in [-0.05, 0) is 48.8 Å². The van der Waals surface area contributed by atoms with Crippen LogP contribution in [0.4, 0.5) is 0 Å². The molecule has 0 saturated carbocycles. The topological polar surface area (TPSA) is 62.3 Å². The molecule has 0 radical (unpaired) electrons. The smallest absolute Gasteiger partial charge is 0.254 e. The van der Waals surface area contributed by atoms with Crippen molar-refractivity contribution in [3.63, 3.8) is 0 Å². The van der Waals surface area contributed by atoms with Crippen molar-refractivity contribution in [3.8, 4) is 0 Å². The molecule has 0 aliphatic heterocycles. The third kappa shape index (κ3) is 4.98. The molecule has 19 heavy (non-hydrogen) atoms. The van der Waals surface area contributed by atoms with Crippen molar-refractivity contribution in [3.05, 3.63) is 28.5 Å². The first kappa shape index (κ1) is 15.6. The maximum Gasteiger partial charge on any atom is 0.254 e. The molecule has 1 heterocycles. The maximum absolute atomic E-state index is 12.2. The standard InChI is InChI=1S/C13H18BrN3O2/c1-4-17(8-12(18)16-9(2)3)13(19)10-5-6-15-11(14)7-10/h5-7,9H,4,8H2,1-3H3,(H,16,18). The van der Waals surface area contributed by atoms with Crippen LogP contribution in [0.25, 0.3) is 0 Å². The maximum atomic E-state index is 12.2. The van der Waals surface area contributed by atoms with E-state index >= 15 is 0 Å². The quantitative estimate of drug-likeness (QED) is 0.839. The van der Waals surface area contributed by atoms with E-state index in [0.29, 0.717) is 16.7 Å². The predicted octanol–water partition coefficient (Wildman–Crippen LogP) is 1.83. The molecule has 0 aliphatic rings. The molecule has 1 N–H and O–H groups in total. The molecular weight excluding hydrogens is 310 g/mol. The van der Waals surface area contributed by atoms with E-state index in [4.69, 9.17) is 0 Å². The van der Waals surface area contributed by atoms with Crippen molar-refractivity contribution in [1.82, 2.24) is 15.2 Å². The third-order valence-electron chi connectivity index (χ3n) is 2.43. The molecule has 1 aromatic rings. The lowest BCUT2D eigenvalue weighted by Crippen LogP contribution is -2.42. The lowest BCUT2D eigenvalue weighted by molar-refractivity contribution is -0.122. The minimum absolute atomic E-state index is 0.0630. The van der Waals surface area contributed by atoms with Crippen LogP contribution in [-0.4, -0.2) is 40.8 Å². The lowest BCUT2D eigenvalue weighted by atomic mass is 10.2. The number of pyridine rings is 1. The van der Waals surface area contributed by atoms with E-state index in [0.717, 1.165) is 0 Å². The molecule has 0 unspecified atom stereocenters. The van der Waals surface area contributed by atoms with Gasteiger partial charge in [0.1, 0.15) is 4.60 Å². The van der Waals surface area contributed by atoms with Crippen molar-refractivity contribution in [1.29, 1.82) is 0 Å². The van der Waals surface area contributed by atoms with E-state index in [-0.39, 0.29) is 24.4 Å². The molecule has 0 aliphatic carbocycles. The number of carbonyl (C=O) groups is 2. The molecule has 1 aromatic heterocycles. The summed E-state index contributed by atoms with van der Waals surface area (Å²) in [6.07, 6.45) is 1.55. The van der Waals surface area contributed by atoms with E-state index in [2.05, 4.69) is 26.2 Å². The highest BCUT2D eigenvalue weighted by molar-refractivity contribution is 9.10. The second-order valence-corrected chi connectivity index (χ2v) is 5.22. The van der Waals surface area contributed by atoms with Crippen molar-refractivity contribution < 1.29 is 9.59 Å². The van der Waals surface area contributed by atoms with E-state index in [1.807, 2.05) is 20.8 Å². The first-order chi connectivity index (χ1) is 8.93. The van der Waals surface area contributed by atoms with E-state index in [1.54, 1.807) is 18.3 Å². The van der Waals surface area contributed by atoms with Crippen LogP contribution in [0.1, 0.15) is 31.1 Å².